The van der Waals surface area contributed by atoms with Gasteiger partial charge in [-0.1, -0.05) is 0 Å². The molecule has 0 fully saturated rings. The molecule has 0 bridgehead atoms. The highest BCUT2D eigenvalue weighted by Crippen LogP contribution is 2.24. The third kappa shape index (κ3) is 3.11. The zero-order valence-corrected chi connectivity index (χ0v) is 9.39. The first kappa shape index (κ1) is 12.2. The predicted octanol–water partition coefficient (Wildman–Crippen LogP) is 3.35. The van der Waals surface area contributed by atoms with Crippen LogP contribution in [0.25, 0.3) is 0 Å². The molecule has 1 aromatic heterocycles. The lowest BCUT2D eigenvalue weighted by Crippen LogP contribution is -2.11. The molecule has 0 N–H and O–H groups in total. The van der Waals surface area contributed by atoms with Crippen LogP contribution in [0, 0.1) is 0 Å². The largest absolute Gasteiger partial charge is 0.390 e. The maximum atomic E-state index is 12.1. The summed E-state index contributed by atoms with van der Waals surface area (Å²) < 4.78 is 37.7. The normalized spacial score (nSPS) is 16.8. The minimum atomic E-state index is -4.15. The van der Waals surface area contributed by atoms with Crippen LogP contribution in [0.4, 0.5) is 13.2 Å². The first-order chi connectivity index (χ1) is 7.96. The average Bonchev–Trinajstić information content (AvgIpc) is 2.57. The van der Waals surface area contributed by atoms with Crippen LogP contribution < -0.4 is 0 Å². The van der Waals surface area contributed by atoms with Crippen LogP contribution >= 0.6 is 0 Å². The van der Waals surface area contributed by atoms with Gasteiger partial charge in [-0.3, -0.25) is 4.79 Å². The standard InChI is InChI=1S/C12H14F3NO/c13-12(14,15)5-6-16-7-9-3-1-2-4-11(17)10(9)8-16/h7-8H,1-6H2. The van der Waals surface area contributed by atoms with E-state index in [1.54, 1.807) is 12.4 Å². The fraction of sp³-hybridized carbons (Fsp3) is 0.583. The van der Waals surface area contributed by atoms with E-state index >= 15 is 0 Å². The van der Waals surface area contributed by atoms with Crippen LogP contribution in [-0.4, -0.2) is 16.5 Å². The molecule has 0 saturated heterocycles. The number of aromatic nitrogens is 1. The molecule has 0 aliphatic heterocycles. The summed E-state index contributed by atoms with van der Waals surface area (Å²) in [5, 5.41) is 0. The van der Waals surface area contributed by atoms with E-state index in [9.17, 15) is 18.0 Å². The fourth-order valence-electron chi connectivity index (χ4n) is 2.13. The van der Waals surface area contributed by atoms with E-state index in [1.165, 1.54) is 4.57 Å². The topological polar surface area (TPSA) is 22.0 Å². The van der Waals surface area contributed by atoms with Crippen molar-refractivity contribution in [3.05, 3.63) is 23.5 Å². The molecule has 1 aliphatic rings. The Morgan fingerprint density at radius 1 is 1.18 bits per heavy atom. The highest BCUT2D eigenvalue weighted by molar-refractivity contribution is 5.97. The Hall–Kier alpha value is -1.26. The van der Waals surface area contributed by atoms with E-state index in [1.807, 2.05) is 0 Å². The lowest BCUT2D eigenvalue weighted by atomic mass is 10.1. The third-order valence-corrected chi connectivity index (χ3v) is 3.02. The molecule has 2 rings (SSSR count). The van der Waals surface area contributed by atoms with Gasteiger partial charge in [0, 0.05) is 30.9 Å². The smallest absolute Gasteiger partial charge is 0.353 e. The van der Waals surface area contributed by atoms with Gasteiger partial charge in [0.05, 0.1) is 6.42 Å². The SMILES string of the molecule is O=C1CCCCc2cn(CCC(F)(F)F)cc21. The number of fused-ring (bicyclic) bond motifs is 1. The summed E-state index contributed by atoms with van der Waals surface area (Å²) in [6.45, 7) is -0.107. The molecule has 94 valence electrons. The Kier molecular flexibility index (Phi) is 3.26. The van der Waals surface area contributed by atoms with Crippen LogP contribution in [0.3, 0.4) is 0 Å². The lowest BCUT2D eigenvalue weighted by Gasteiger charge is -2.06. The highest BCUT2D eigenvalue weighted by atomic mass is 19.4. The number of alkyl halides is 3. The fourth-order valence-corrected chi connectivity index (χ4v) is 2.13. The molecule has 2 nitrogen and oxygen atoms in total. The summed E-state index contributed by atoms with van der Waals surface area (Å²) >= 11 is 0. The van der Waals surface area contributed by atoms with Crippen molar-refractivity contribution in [2.45, 2.75) is 44.8 Å². The average molecular weight is 245 g/mol. The van der Waals surface area contributed by atoms with Crippen LogP contribution in [0.2, 0.25) is 0 Å². The van der Waals surface area contributed by atoms with Gasteiger partial charge >= 0.3 is 6.18 Å². The Bertz CT molecular complexity index is 420. The molecule has 1 aliphatic carbocycles. The number of Topliss-reactive ketones (excluding diaryl/α,β-unsaturated/α-hetero) is 1. The van der Waals surface area contributed by atoms with Crippen molar-refractivity contribution in [3.8, 4) is 0 Å². The molecule has 17 heavy (non-hydrogen) atoms. The highest BCUT2D eigenvalue weighted by Gasteiger charge is 2.27. The van der Waals surface area contributed by atoms with Crippen molar-refractivity contribution in [2.24, 2.45) is 0 Å². The number of rotatable bonds is 2. The van der Waals surface area contributed by atoms with Gasteiger partial charge in [-0.05, 0) is 24.8 Å². The van der Waals surface area contributed by atoms with Crippen LogP contribution in [0.15, 0.2) is 12.4 Å². The Morgan fingerprint density at radius 2 is 1.88 bits per heavy atom. The van der Waals surface area contributed by atoms with E-state index in [0.29, 0.717) is 12.0 Å². The second-order valence-electron chi connectivity index (χ2n) is 4.43. The molecule has 0 amide bonds. The minimum Gasteiger partial charge on any atom is -0.353 e. The molecule has 0 spiro atoms. The molecular formula is C12H14F3NO. The molecule has 0 atom stereocenters. The monoisotopic (exact) mass is 245 g/mol. The number of carbonyl (C=O) groups excluding carboxylic acids is 1. The van der Waals surface area contributed by atoms with Crippen LogP contribution in [0.5, 0.6) is 0 Å². The van der Waals surface area contributed by atoms with E-state index in [0.717, 1.165) is 24.8 Å². The Balaban J connectivity index is 2.11. The number of ketones is 1. The summed E-state index contributed by atoms with van der Waals surface area (Å²) in [7, 11) is 0. The van der Waals surface area contributed by atoms with E-state index in [-0.39, 0.29) is 12.3 Å². The molecule has 1 heterocycles. The van der Waals surface area contributed by atoms with Crippen molar-refractivity contribution in [1.29, 1.82) is 0 Å². The summed E-state index contributed by atoms with van der Waals surface area (Å²) in [5.74, 6) is 0.0586. The maximum Gasteiger partial charge on any atom is 0.390 e. The second kappa shape index (κ2) is 4.55. The zero-order chi connectivity index (χ0) is 12.5. The van der Waals surface area contributed by atoms with Gasteiger partial charge in [0.15, 0.2) is 5.78 Å². The summed E-state index contributed by atoms with van der Waals surface area (Å²) in [4.78, 5) is 11.7. The third-order valence-electron chi connectivity index (χ3n) is 3.02. The number of carbonyl (C=O) groups is 1. The Labute approximate surface area is 97.4 Å². The number of hydrogen-bond donors (Lipinski definition) is 0. The van der Waals surface area contributed by atoms with Gasteiger partial charge in [-0.15, -0.1) is 0 Å². The summed E-state index contributed by atoms with van der Waals surface area (Å²) in [6, 6.07) is 0. The first-order valence-electron chi connectivity index (χ1n) is 5.74. The van der Waals surface area contributed by atoms with Crippen molar-refractivity contribution in [1.82, 2.24) is 4.57 Å². The zero-order valence-electron chi connectivity index (χ0n) is 9.39. The summed E-state index contributed by atoms with van der Waals surface area (Å²) in [6.07, 6.45) is 1.36. The molecule has 0 radical (unpaired) electrons. The number of halogens is 3. The molecular weight excluding hydrogens is 231 g/mol. The van der Waals surface area contributed by atoms with Crippen LogP contribution in [0.1, 0.15) is 41.6 Å². The quantitative estimate of drug-likeness (QED) is 0.732. The van der Waals surface area contributed by atoms with Gasteiger partial charge < -0.3 is 4.57 Å². The van der Waals surface area contributed by atoms with Crippen molar-refractivity contribution >= 4 is 5.78 Å². The summed E-state index contributed by atoms with van der Waals surface area (Å²) in [5.41, 5.74) is 1.51. The predicted molar refractivity (Wildman–Crippen MR) is 57.0 cm³/mol. The van der Waals surface area contributed by atoms with Crippen LogP contribution in [-0.2, 0) is 13.0 Å². The van der Waals surface area contributed by atoms with Crippen molar-refractivity contribution in [2.75, 3.05) is 0 Å². The number of nitrogens with zero attached hydrogens (tertiary/aromatic N) is 1. The lowest BCUT2D eigenvalue weighted by molar-refractivity contribution is -0.136. The first-order valence-corrected chi connectivity index (χ1v) is 5.74. The molecule has 0 unspecified atom stereocenters. The van der Waals surface area contributed by atoms with Gasteiger partial charge in [-0.25, -0.2) is 0 Å². The van der Waals surface area contributed by atoms with E-state index < -0.39 is 12.6 Å². The minimum absolute atomic E-state index is 0.0586. The van der Waals surface area contributed by atoms with Gasteiger partial charge in [0.1, 0.15) is 0 Å². The number of hydrogen-bond acceptors (Lipinski definition) is 1. The Morgan fingerprint density at radius 3 is 2.59 bits per heavy atom. The van der Waals surface area contributed by atoms with E-state index in [2.05, 4.69) is 0 Å². The number of aryl methyl sites for hydroxylation is 2. The van der Waals surface area contributed by atoms with Crippen molar-refractivity contribution < 1.29 is 18.0 Å². The van der Waals surface area contributed by atoms with Gasteiger partial charge in [-0.2, -0.15) is 13.2 Å². The molecule has 1 aromatic rings. The maximum absolute atomic E-state index is 12.1. The molecule has 5 heteroatoms. The van der Waals surface area contributed by atoms with Gasteiger partial charge in [0.25, 0.3) is 0 Å². The molecule has 0 aromatic carbocycles. The van der Waals surface area contributed by atoms with E-state index in [4.69, 9.17) is 0 Å². The van der Waals surface area contributed by atoms with Crippen molar-refractivity contribution in [3.63, 3.8) is 0 Å². The second-order valence-corrected chi connectivity index (χ2v) is 4.43. The molecule has 0 saturated carbocycles. The van der Waals surface area contributed by atoms with Gasteiger partial charge in [0.2, 0.25) is 0 Å².